The molecular weight excluding hydrogens is 271 g/mol. The average molecular weight is 284 g/mol. The van der Waals surface area contributed by atoms with Crippen LogP contribution in [0.4, 0.5) is 0 Å². The molecule has 1 aromatic carbocycles. The predicted octanol–water partition coefficient (Wildman–Crippen LogP) is 0.402. The van der Waals surface area contributed by atoms with Crippen LogP contribution in [-0.2, 0) is 18.9 Å². The van der Waals surface area contributed by atoms with Crippen molar-refractivity contribution in [3.8, 4) is 0 Å². The smallest absolute Gasteiger partial charge is 0.303 e. The molecule has 98 valence electrons. The van der Waals surface area contributed by atoms with Crippen molar-refractivity contribution in [3.05, 3.63) is 29.8 Å². The number of hydrogen-bond acceptors (Lipinski definition) is 4. The first-order valence-corrected chi connectivity index (χ1v) is 7.19. The molecule has 1 aromatic rings. The van der Waals surface area contributed by atoms with Gasteiger partial charge >= 0.3 is 7.82 Å². The third kappa shape index (κ3) is 8.03. The standard InChI is InChI=1S/C8H10O3S.H3O4P/c1-7-3-5-8(6-4-7)12(9,10)11-2;1-5(2,3)4/h3-6H,1-2H3;(H3,1,2,3,4). The van der Waals surface area contributed by atoms with E-state index in [1.54, 1.807) is 12.1 Å². The van der Waals surface area contributed by atoms with E-state index >= 15 is 0 Å². The third-order valence-electron chi connectivity index (χ3n) is 1.53. The fourth-order valence-corrected chi connectivity index (χ4v) is 1.46. The summed E-state index contributed by atoms with van der Waals surface area (Å²) < 4.78 is 35.4. The van der Waals surface area contributed by atoms with Crippen molar-refractivity contribution in [2.75, 3.05) is 7.11 Å². The summed E-state index contributed by atoms with van der Waals surface area (Å²) in [5.41, 5.74) is 1.02. The van der Waals surface area contributed by atoms with Gasteiger partial charge < -0.3 is 14.7 Å². The van der Waals surface area contributed by atoms with Crippen molar-refractivity contribution >= 4 is 17.9 Å². The quantitative estimate of drug-likeness (QED) is 0.531. The molecular formula is C8H13O7PS. The molecule has 0 saturated heterocycles. The van der Waals surface area contributed by atoms with Crippen LogP contribution in [0.5, 0.6) is 0 Å². The molecule has 7 nitrogen and oxygen atoms in total. The highest BCUT2D eigenvalue weighted by molar-refractivity contribution is 7.86. The van der Waals surface area contributed by atoms with Crippen LogP contribution in [-0.4, -0.2) is 30.2 Å². The predicted molar refractivity (Wildman–Crippen MR) is 59.6 cm³/mol. The number of aryl methyl sites for hydroxylation is 1. The topological polar surface area (TPSA) is 121 Å². The molecule has 1 rings (SSSR count). The monoisotopic (exact) mass is 284 g/mol. The molecule has 0 aliphatic carbocycles. The van der Waals surface area contributed by atoms with Gasteiger partial charge in [0.1, 0.15) is 0 Å². The van der Waals surface area contributed by atoms with Gasteiger partial charge in [-0.1, -0.05) is 17.7 Å². The highest BCUT2D eigenvalue weighted by atomic mass is 32.2. The van der Waals surface area contributed by atoms with Gasteiger partial charge in [-0.05, 0) is 19.1 Å². The van der Waals surface area contributed by atoms with E-state index in [0.717, 1.165) is 12.7 Å². The molecule has 0 saturated carbocycles. The van der Waals surface area contributed by atoms with E-state index in [1.165, 1.54) is 12.1 Å². The summed E-state index contributed by atoms with van der Waals surface area (Å²) in [6, 6.07) is 6.50. The molecule has 0 heterocycles. The van der Waals surface area contributed by atoms with Crippen molar-refractivity contribution in [3.63, 3.8) is 0 Å². The normalized spacial score (nSPS) is 11.6. The largest absolute Gasteiger partial charge is 0.466 e. The molecule has 0 unspecified atom stereocenters. The van der Waals surface area contributed by atoms with E-state index in [2.05, 4.69) is 4.18 Å². The first-order valence-electron chi connectivity index (χ1n) is 4.22. The zero-order valence-corrected chi connectivity index (χ0v) is 10.9. The Kier molecular flexibility index (Phi) is 5.97. The van der Waals surface area contributed by atoms with Gasteiger partial charge in [-0.25, -0.2) is 4.57 Å². The summed E-state index contributed by atoms with van der Waals surface area (Å²) in [5.74, 6) is 0. The highest BCUT2D eigenvalue weighted by Crippen LogP contribution is 2.25. The summed E-state index contributed by atoms with van der Waals surface area (Å²) in [4.78, 5) is 21.8. The first-order chi connectivity index (χ1) is 7.56. The maximum Gasteiger partial charge on any atom is 0.466 e. The van der Waals surface area contributed by atoms with Crippen LogP contribution in [0.3, 0.4) is 0 Å². The Bertz CT molecular complexity index is 479. The Hall–Kier alpha value is -0.760. The van der Waals surface area contributed by atoms with Gasteiger partial charge in [-0.2, -0.15) is 8.42 Å². The Balaban J connectivity index is 0.000000437. The Labute approximate surface area is 99.0 Å². The molecule has 0 aliphatic heterocycles. The number of hydrogen-bond donors (Lipinski definition) is 3. The Morgan fingerprint density at radius 1 is 1.12 bits per heavy atom. The Morgan fingerprint density at radius 3 is 1.76 bits per heavy atom. The minimum Gasteiger partial charge on any atom is -0.303 e. The molecule has 0 radical (unpaired) electrons. The number of benzene rings is 1. The fourth-order valence-electron chi connectivity index (χ4n) is 0.801. The fraction of sp³-hybridized carbons (Fsp3) is 0.250. The van der Waals surface area contributed by atoms with Crippen LogP contribution < -0.4 is 0 Å². The van der Waals surface area contributed by atoms with E-state index in [-0.39, 0.29) is 4.90 Å². The minimum atomic E-state index is -4.64. The zero-order valence-electron chi connectivity index (χ0n) is 9.14. The Morgan fingerprint density at radius 2 is 1.47 bits per heavy atom. The van der Waals surface area contributed by atoms with Crippen LogP contribution in [0.2, 0.25) is 0 Å². The number of phosphoric acid groups is 1. The van der Waals surface area contributed by atoms with E-state index in [4.69, 9.17) is 19.2 Å². The summed E-state index contributed by atoms with van der Waals surface area (Å²) >= 11 is 0. The second-order valence-corrected chi connectivity index (χ2v) is 5.69. The van der Waals surface area contributed by atoms with Crippen molar-refractivity contribution in [1.29, 1.82) is 0 Å². The summed E-state index contributed by atoms with van der Waals surface area (Å²) in [6.07, 6.45) is 0. The lowest BCUT2D eigenvalue weighted by atomic mass is 10.2. The third-order valence-corrected chi connectivity index (χ3v) is 2.82. The maximum atomic E-state index is 11.1. The molecule has 9 heteroatoms. The van der Waals surface area contributed by atoms with Crippen molar-refractivity contribution in [2.45, 2.75) is 11.8 Å². The van der Waals surface area contributed by atoms with Crippen LogP contribution in [0, 0.1) is 6.92 Å². The van der Waals surface area contributed by atoms with Crippen molar-refractivity contribution < 1.29 is 31.8 Å². The molecule has 17 heavy (non-hydrogen) atoms. The van der Waals surface area contributed by atoms with Crippen LogP contribution in [0.15, 0.2) is 29.2 Å². The minimum absolute atomic E-state index is 0.190. The van der Waals surface area contributed by atoms with E-state index in [1.807, 2.05) is 6.92 Å². The zero-order chi connectivity index (χ0) is 13.7. The van der Waals surface area contributed by atoms with E-state index < -0.39 is 17.9 Å². The number of rotatable bonds is 2. The molecule has 0 aliphatic rings. The lowest BCUT2D eigenvalue weighted by molar-refractivity contribution is 0.275. The maximum absolute atomic E-state index is 11.1. The van der Waals surface area contributed by atoms with E-state index in [0.29, 0.717) is 0 Å². The SMILES string of the molecule is COS(=O)(=O)c1ccc(C)cc1.O=P(O)(O)O. The van der Waals surface area contributed by atoms with Crippen LogP contribution in [0.1, 0.15) is 5.56 Å². The van der Waals surface area contributed by atoms with Crippen LogP contribution in [0.25, 0.3) is 0 Å². The van der Waals surface area contributed by atoms with Gasteiger partial charge in [-0.3, -0.25) is 4.18 Å². The van der Waals surface area contributed by atoms with Gasteiger partial charge in [0.2, 0.25) is 0 Å². The van der Waals surface area contributed by atoms with Gasteiger partial charge in [0.15, 0.2) is 0 Å². The molecule has 3 N–H and O–H groups in total. The lowest BCUT2D eigenvalue weighted by Crippen LogP contribution is -2.02. The molecule has 0 aromatic heterocycles. The summed E-state index contributed by atoms with van der Waals surface area (Å²) in [5, 5.41) is 0. The highest BCUT2D eigenvalue weighted by Gasteiger charge is 2.10. The van der Waals surface area contributed by atoms with Crippen molar-refractivity contribution in [2.24, 2.45) is 0 Å². The second kappa shape index (κ2) is 6.25. The molecule has 0 fully saturated rings. The van der Waals surface area contributed by atoms with E-state index in [9.17, 15) is 8.42 Å². The summed E-state index contributed by atoms with van der Waals surface area (Å²) in [6.45, 7) is 1.89. The second-order valence-electron chi connectivity index (χ2n) is 2.95. The van der Waals surface area contributed by atoms with Gasteiger partial charge in [-0.15, -0.1) is 0 Å². The van der Waals surface area contributed by atoms with Crippen molar-refractivity contribution in [1.82, 2.24) is 0 Å². The molecule has 0 amide bonds. The van der Waals surface area contributed by atoms with Crippen LogP contribution >= 0.6 is 7.82 Å². The summed E-state index contributed by atoms with van der Waals surface area (Å²) in [7, 11) is -7.01. The lowest BCUT2D eigenvalue weighted by Gasteiger charge is -2.00. The molecule has 0 atom stereocenters. The van der Waals surface area contributed by atoms with Gasteiger partial charge in [0.05, 0.1) is 12.0 Å². The van der Waals surface area contributed by atoms with Gasteiger partial charge in [0.25, 0.3) is 10.1 Å². The first kappa shape index (κ1) is 16.2. The molecule has 0 bridgehead atoms. The molecule has 0 spiro atoms. The van der Waals surface area contributed by atoms with Gasteiger partial charge in [0, 0.05) is 0 Å². The average Bonchev–Trinajstić information content (AvgIpc) is 2.16.